The third kappa shape index (κ3) is 3.23. The fourth-order valence-electron chi connectivity index (χ4n) is 4.38. The number of carbonyl (C=O) groups excluding carboxylic acids is 3. The van der Waals surface area contributed by atoms with Crippen LogP contribution in [0.15, 0.2) is 30.3 Å². The van der Waals surface area contributed by atoms with Gasteiger partial charge in [-0.15, -0.1) is 0 Å². The zero-order valence-corrected chi connectivity index (χ0v) is 16.7. The Hall–Kier alpha value is -3.26. The molecule has 8 nitrogen and oxygen atoms in total. The van der Waals surface area contributed by atoms with Gasteiger partial charge in [0.2, 0.25) is 11.8 Å². The molecule has 0 aliphatic carbocycles. The SMILES string of the molecule is CN1Cc2ccc(COc3cccc4c3CN(C3CCC(=O)NC3=O)C4=O)nc2C1. The topological polar surface area (TPSA) is 91.8 Å². The monoisotopic (exact) mass is 406 g/mol. The van der Waals surface area contributed by atoms with E-state index < -0.39 is 11.9 Å². The molecule has 0 bridgehead atoms. The van der Waals surface area contributed by atoms with Crippen molar-refractivity contribution in [2.45, 2.75) is 45.1 Å². The third-order valence-corrected chi connectivity index (χ3v) is 5.90. The van der Waals surface area contributed by atoms with Crippen LogP contribution >= 0.6 is 0 Å². The molecule has 2 aromatic rings. The minimum atomic E-state index is -0.634. The van der Waals surface area contributed by atoms with Crippen LogP contribution < -0.4 is 10.1 Å². The molecular formula is C22H22N4O4. The minimum absolute atomic E-state index is 0.205. The second kappa shape index (κ2) is 7.21. The highest BCUT2D eigenvalue weighted by Crippen LogP contribution is 2.34. The van der Waals surface area contributed by atoms with Crippen molar-refractivity contribution in [2.24, 2.45) is 0 Å². The van der Waals surface area contributed by atoms with Crippen LogP contribution in [0.1, 0.15) is 45.7 Å². The summed E-state index contributed by atoms with van der Waals surface area (Å²) in [5.74, 6) is -0.293. The number of imide groups is 1. The molecule has 0 radical (unpaired) electrons. The number of piperidine rings is 1. The number of nitrogens with zero attached hydrogens (tertiary/aromatic N) is 3. The first-order valence-corrected chi connectivity index (χ1v) is 10.0. The molecule has 8 heteroatoms. The van der Waals surface area contributed by atoms with Crippen LogP contribution in [0.2, 0.25) is 0 Å². The van der Waals surface area contributed by atoms with Crippen LogP contribution in [0, 0.1) is 0 Å². The third-order valence-electron chi connectivity index (χ3n) is 5.90. The van der Waals surface area contributed by atoms with Crippen molar-refractivity contribution in [1.29, 1.82) is 0 Å². The zero-order chi connectivity index (χ0) is 20.8. The van der Waals surface area contributed by atoms with E-state index in [-0.39, 0.29) is 18.2 Å². The molecule has 30 heavy (non-hydrogen) atoms. The van der Waals surface area contributed by atoms with Gasteiger partial charge < -0.3 is 9.64 Å². The molecule has 3 aliphatic rings. The smallest absolute Gasteiger partial charge is 0.255 e. The fourth-order valence-corrected chi connectivity index (χ4v) is 4.38. The molecule has 1 fully saturated rings. The van der Waals surface area contributed by atoms with E-state index in [4.69, 9.17) is 9.72 Å². The lowest BCUT2D eigenvalue weighted by atomic mass is 10.0. The van der Waals surface area contributed by atoms with Gasteiger partial charge in [-0.25, -0.2) is 0 Å². The van der Waals surface area contributed by atoms with Gasteiger partial charge in [-0.05, 0) is 37.2 Å². The number of hydrogen-bond acceptors (Lipinski definition) is 6. The molecular weight excluding hydrogens is 384 g/mol. The van der Waals surface area contributed by atoms with Crippen LogP contribution in [0.4, 0.5) is 0 Å². The Labute approximate surface area is 173 Å². The Bertz CT molecular complexity index is 1070. The van der Waals surface area contributed by atoms with Gasteiger partial charge in [0.25, 0.3) is 5.91 Å². The van der Waals surface area contributed by atoms with Crippen LogP contribution in [0.3, 0.4) is 0 Å². The van der Waals surface area contributed by atoms with Gasteiger partial charge in [0.05, 0.1) is 17.9 Å². The van der Waals surface area contributed by atoms with Gasteiger partial charge in [-0.1, -0.05) is 12.1 Å². The molecule has 3 aliphatic heterocycles. The maximum absolute atomic E-state index is 12.9. The van der Waals surface area contributed by atoms with Gasteiger partial charge in [0.15, 0.2) is 0 Å². The van der Waals surface area contributed by atoms with E-state index in [9.17, 15) is 14.4 Å². The summed E-state index contributed by atoms with van der Waals surface area (Å²) in [4.78, 5) is 45.0. The lowest BCUT2D eigenvalue weighted by Gasteiger charge is -2.29. The van der Waals surface area contributed by atoms with Crippen molar-refractivity contribution in [3.8, 4) is 5.75 Å². The zero-order valence-electron chi connectivity index (χ0n) is 16.7. The van der Waals surface area contributed by atoms with Crippen molar-refractivity contribution >= 4 is 17.7 Å². The van der Waals surface area contributed by atoms with Gasteiger partial charge in [0.1, 0.15) is 18.4 Å². The Morgan fingerprint density at radius 1 is 1.13 bits per heavy atom. The van der Waals surface area contributed by atoms with E-state index in [0.29, 0.717) is 30.9 Å². The van der Waals surface area contributed by atoms with Crippen molar-refractivity contribution in [1.82, 2.24) is 20.1 Å². The van der Waals surface area contributed by atoms with Crippen molar-refractivity contribution in [3.05, 3.63) is 58.4 Å². The number of amides is 3. The van der Waals surface area contributed by atoms with E-state index in [1.54, 1.807) is 12.1 Å². The van der Waals surface area contributed by atoms with E-state index in [1.165, 1.54) is 10.5 Å². The molecule has 1 aromatic carbocycles. The number of aromatic nitrogens is 1. The number of carbonyl (C=O) groups is 3. The summed E-state index contributed by atoms with van der Waals surface area (Å²) in [7, 11) is 2.07. The van der Waals surface area contributed by atoms with Crippen molar-refractivity contribution in [2.75, 3.05) is 7.05 Å². The Kier molecular flexibility index (Phi) is 4.51. The Morgan fingerprint density at radius 3 is 2.83 bits per heavy atom. The minimum Gasteiger partial charge on any atom is -0.487 e. The quantitative estimate of drug-likeness (QED) is 0.771. The number of ether oxygens (including phenoxy) is 1. The summed E-state index contributed by atoms with van der Waals surface area (Å²) in [5, 5.41) is 2.32. The molecule has 0 spiro atoms. The fraction of sp³-hybridized carbons (Fsp3) is 0.364. The molecule has 3 amide bonds. The first-order chi connectivity index (χ1) is 14.5. The van der Waals surface area contributed by atoms with Crippen molar-refractivity contribution < 1.29 is 19.1 Å². The second-order valence-corrected chi connectivity index (χ2v) is 8.05. The normalized spacial score (nSPS) is 20.9. The number of pyridine rings is 1. The molecule has 1 saturated heterocycles. The predicted octanol–water partition coefficient (Wildman–Crippen LogP) is 1.37. The summed E-state index contributed by atoms with van der Waals surface area (Å²) < 4.78 is 6.04. The van der Waals surface area contributed by atoms with E-state index >= 15 is 0 Å². The molecule has 1 N–H and O–H groups in total. The largest absolute Gasteiger partial charge is 0.487 e. The summed E-state index contributed by atoms with van der Waals surface area (Å²) in [6.07, 6.45) is 0.577. The van der Waals surface area contributed by atoms with E-state index in [1.807, 2.05) is 12.1 Å². The van der Waals surface area contributed by atoms with Crippen LogP contribution in [0.25, 0.3) is 0 Å². The molecule has 5 rings (SSSR count). The van der Waals surface area contributed by atoms with E-state index in [2.05, 4.69) is 23.3 Å². The molecule has 154 valence electrons. The van der Waals surface area contributed by atoms with Gasteiger partial charge >= 0.3 is 0 Å². The highest BCUT2D eigenvalue weighted by Gasteiger charge is 2.40. The number of fused-ring (bicyclic) bond motifs is 2. The Balaban J connectivity index is 1.33. The number of benzene rings is 1. The maximum Gasteiger partial charge on any atom is 0.255 e. The molecule has 4 heterocycles. The van der Waals surface area contributed by atoms with Crippen LogP contribution in [0.5, 0.6) is 5.75 Å². The van der Waals surface area contributed by atoms with Crippen molar-refractivity contribution in [3.63, 3.8) is 0 Å². The highest BCUT2D eigenvalue weighted by atomic mass is 16.5. The first kappa shape index (κ1) is 18.7. The van der Waals surface area contributed by atoms with Gasteiger partial charge in [0, 0.05) is 30.6 Å². The van der Waals surface area contributed by atoms with Crippen LogP contribution in [-0.4, -0.2) is 45.6 Å². The maximum atomic E-state index is 12.9. The molecule has 1 aromatic heterocycles. The second-order valence-electron chi connectivity index (χ2n) is 8.05. The standard InChI is InChI=1S/C22H22N4O4/c1-25-9-13-5-6-14(23-17(13)11-25)12-30-19-4-2-3-15-16(19)10-26(22(15)29)18-7-8-20(27)24-21(18)28/h2-6,18H,7-12H2,1H3,(H,24,27,28). The summed E-state index contributed by atoms with van der Waals surface area (Å²) in [6.45, 7) is 2.34. The summed E-state index contributed by atoms with van der Waals surface area (Å²) >= 11 is 0. The number of nitrogens with one attached hydrogen (secondary N) is 1. The molecule has 1 atom stereocenters. The lowest BCUT2D eigenvalue weighted by molar-refractivity contribution is -0.136. The Morgan fingerprint density at radius 2 is 2.00 bits per heavy atom. The lowest BCUT2D eigenvalue weighted by Crippen LogP contribution is -2.52. The number of hydrogen-bond donors (Lipinski definition) is 1. The average molecular weight is 406 g/mol. The number of rotatable bonds is 4. The summed E-state index contributed by atoms with van der Waals surface area (Å²) in [5.41, 5.74) is 4.48. The average Bonchev–Trinajstić information content (AvgIpc) is 3.25. The van der Waals surface area contributed by atoms with Crippen LogP contribution in [-0.2, 0) is 35.8 Å². The highest BCUT2D eigenvalue weighted by molar-refractivity contribution is 6.05. The van der Waals surface area contributed by atoms with Gasteiger partial charge in [-0.3, -0.25) is 29.6 Å². The van der Waals surface area contributed by atoms with Gasteiger partial charge in [-0.2, -0.15) is 0 Å². The summed E-state index contributed by atoms with van der Waals surface area (Å²) in [6, 6.07) is 8.80. The molecule has 1 unspecified atom stereocenters. The van der Waals surface area contributed by atoms with E-state index in [0.717, 1.165) is 30.0 Å². The first-order valence-electron chi connectivity index (χ1n) is 10.0. The predicted molar refractivity (Wildman–Crippen MR) is 106 cm³/mol. The molecule has 0 saturated carbocycles.